The molecule has 1 aliphatic heterocycles. The van der Waals surface area contributed by atoms with Gasteiger partial charge in [0, 0.05) is 30.8 Å². The first-order valence-corrected chi connectivity index (χ1v) is 19.4. The average molecular weight is 730 g/mol. The van der Waals surface area contributed by atoms with E-state index in [2.05, 4.69) is 41.7 Å². The summed E-state index contributed by atoms with van der Waals surface area (Å²) in [6.45, 7) is 5.64. The van der Waals surface area contributed by atoms with E-state index >= 15 is 0 Å². The van der Waals surface area contributed by atoms with Crippen molar-refractivity contribution >= 4 is 41.3 Å². The molecule has 5 N–H and O–H groups in total. The Hall–Kier alpha value is -2.79. The summed E-state index contributed by atoms with van der Waals surface area (Å²) in [7, 11) is 0. The molecule has 16 heteroatoms. The number of nitrogens with zero attached hydrogens (tertiary/aromatic N) is 3. The van der Waals surface area contributed by atoms with E-state index in [1.807, 2.05) is 0 Å². The predicted octanol–water partition coefficient (Wildman–Crippen LogP) is 3.41. The maximum Gasteiger partial charge on any atom is 0.306 e. The normalized spacial score (nSPS) is 19.9. The molecule has 1 saturated heterocycles. The lowest BCUT2D eigenvalue weighted by Crippen LogP contribution is -2.45. The minimum Gasteiger partial charge on any atom is -0.462 e. The van der Waals surface area contributed by atoms with Crippen molar-refractivity contribution in [2.75, 3.05) is 30.0 Å². The number of aliphatic hydroxyl groups is 3. The maximum absolute atomic E-state index is 13.4. The van der Waals surface area contributed by atoms with Crippen LogP contribution >= 0.6 is 11.8 Å². The largest absolute Gasteiger partial charge is 0.462 e. The number of unbranched alkanes of at least 4 members (excludes halogenated alkanes) is 9. The quantitative estimate of drug-likeness (QED) is 0.0650. The molecule has 2 heterocycles. The molecule has 1 aromatic rings. The van der Waals surface area contributed by atoms with Crippen LogP contribution in [0.5, 0.6) is 0 Å². The molecule has 1 aromatic heterocycles. The van der Waals surface area contributed by atoms with Crippen LogP contribution in [0.1, 0.15) is 123 Å². The van der Waals surface area contributed by atoms with Gasteiger partial charge in [-0.2, -0.15) is 11.8 Å². The number of amides is 2. The fourth-order valence-corrected chi connectivity index (χ4v) is 6.29. The molecule has 0 radical (unpaired) electrons. The summed E-state index contributed by atoms with van der Waals surface area (Å²) in [5.74, 6) is -1.24. The van der Waals surface area contributed by atoms with Crippen LogP contribution in [0.2, 0.25) is 0 Å². The third-order valence-electron chi connectivity index (χ3n) is 8.23. The number of nitrogens with one attached hydrogen (secondary N) is 2. The predicted molar refractivity (Wildman–Crippen MR) is 188 cm³/mol. The topological polar surface area (TPSA) is 211 Å². The Morgan fingerprint density at radius 3 is 2.10 bits per heavy atom. The molecule has 0 aromatic carbocycles. The van der Waals surface area contributed by atoms with Crippen LogP contribution < -0.4 is 10.6 Å². The molecule has 0 spiro atoms. The molecular formula is C34H59N5O10S. The van der Waals surface area contributed by atoms with Crippen LogP contribution in [-0.4, -0.2) is 109 Å². The molecule has 15 nitrogen and oxygen atoms in total. The monoisotopic (exact) mass is 729 g/mol. The molecule has 1 unspecified atom stereocenters. The number of aromatic nitrogens is 3. The molecule has 2 rings (SSSR count). The van der Waals surface area contributed by atoms with Crippen molar-refractivity contribution in [2.24, 2.45) is 0 Å². The van der Waals surface area contributed by atoms with Crippen molar-refractivity contribution in [3.8, 4) is 0 Å². The van der Waals surface area contributed by atoms with Crippen molar-refractivity contribution in [2.45, 2.75) is 154 Å². The summed E-state index contributed by atoms with van der Waals surface area (Å²) >= 11 is 1.27. The number of hydrogen-bond acceptors (Lipinski definition) is 13. The molecule has 6 atom stereocenters. The van der Waals surface area contributed by atoms with Crippen molar-refractivity contribution in [1.82, 2.24) is 20.3 Å². The number of esters is 2. The number of ether oxygens (including phenoxy) is 3. The zero-order valence-corrected chi connectivity index (χ0v) is 30.7. The highest BCUT2D eigenvalue weighted by atomic mass is 32.2. The number of carbonyl (C=O) groups is 4. The van der Waals surface area contributed by atoms with Gasteiger partial charge >= 0.3 is 11.9 Å². The van der Waals surface area contributed by atoms with Crippen LogP contribution in [0.15, 0.2) is 6.20 Å². The summed E-state index contributed by atoms with van der Waals surface area (Å²) in [6.07, 6.45) is 7.54. The lowest BCUT2D eigenvalue weighted by atomic mass is 10.1. The first-order chi connectivity index (χ1) is 24.1. The second-order valence-electron chi connectivity index (χ2n) is 12.7. The van der Waals surface area contributed by atoms with Gasteiger partial charge in [0.1, 0.15) is 37.1 Å². The number of thioether (sulfide) groups is 1. The van der Waals surface area contributed by atoms with Crippen molar-refractivity contribution in [1.29, 1.82) is 0 Å². The first kappa shape index (κ1) is 43.4. The molecule has 2 amide bonds. The summed E-state index contributed by atoms with van der Waals surface area (Å²) in [6, 6.07) is -0.996. The molecule has 0 bridgehead atoms. The lowest BCUT2D eigenvalue weighted by Gasteiger charge is -2.21. The van der Waals surface area contributed by atoms with Crippen molar-refractivity contribution in [3.05, 3.63) is 6.20 Å². The van der Waals surface area contributed by atoms with Gasteiger partial charge in [0.2, 0.25) is 11.8 Å². The fraction of sp³-hybridized carbons (Fsp3) is 0.824. The molecule has 0 aliphatic carbocycles. The van der Waals surface area contributed by atoms with Gasteiger partial charge in [-0.25, -0.2) is 4.68 Å². The first-order valence-electron chi connectivity index (χ1n) is 18.2. The highest BCUT2D eigenvalue weighted by molar-refractivity contribution is 7.99. The van der Waals surface area contributed by atoms with Crippen LogP contribution in [0, 0.1) is 0 Å². The third-order valence-corrected chi connectivity index (χ3v) is 9.41. The van der Waals surface area contributed by atoms with Crippen LogP contribution in [-0.2, 0) is 33.4 Å². The highest BCUT2D eigenvalue weighted by Gasteiger charge is 2.44. The van der Waals surface area contributed by atoms with Crippen molar-refractivity contribution in [3.63, 3.8) is 0 Å². The molecule has 286 valence electrons. The summed E-state index contributed by atoms with van der Waals surface area (Å²) < 4.78 is 17.7. The van der Waals surface area contributed by atoms with E-state index in [0.717, 1.165) is 68.9 Å². The maximum atomic E-state index is 13.4. The number of anilines is 1. The van der Waals surface area contributed by atoms with E-state index in [9.17, 15) is 34.5 Å². The number of hydrogen-bond donors (Lipinski definition) is 5. The summed E-state index contributed by atoms with van der Waals surface area (Å²) in [4.78, 5) is 51.2. The molecule has 1 aliphatic rings. The van der Waals surface area contributed by atoms with Crippen molar-refractivity contribution < 1.29 is 48.7 Å². The smallest absolute Gasteiger partial charge is 0.306 e. The molecular weight excluding hydrogens is 670 g/mol. The minimum atomic E-state index is -1.38. The van der Waals surface area contributed by atoms with Gasteiger partial charge in [0.15, 0.2) is 12.0 Å². The zero-order valence-electron chi connectivity index (χ0n) is 29.9. The van der Waals surface area contributed by atoms with E-state index in [-0.39, 0.29) is 61.0 Å². The van der Waals surface area contributed by atoms with Gasteiger partial charge in [0.25, 0.3) is 0 Å². The SMILES string of the molecule is CCCCCCC(=O)N[C@H](CSC[C@@H](COC(=O)CCCCCC)OC(=O)CCCCCC)C(=O)Nc1cn([C@H]2OC(CO)[C@@H](O)[C@H]2O)nn1. The van der Waals surface area contributed by atoms with Crippen LogP contribution in [0.25, 0.3) is 0 Å². The Bertz CT molecular complexity index is 1140. The highest BCUT2D eigenvalue weighted by Crippen LogP contribution is 2.29. The van der Waals surface area contributed by atoms with Gasteiger partial charge in [-0.1, -0.05) is 83.8 Å². The number of carbonyl (C=O) groups excluding carboxylic acids is 4. The van der Waals surface area contributed by atoms with E-state index in [4.69, 9.17) is 14.2 Å². The van der Waals surface area contributed by atoms with Crippen LogP contribution in [0.4, 0.5) is 5.82 Å². The van der Waals surface area contributed by atoms with Gasteiger partial charge in [-0.3, -0.25) is 19.2 Å². The Labute approximate surface area is 299 Å². The second kappa shape index (κ2) is 25.2. The van der Waals surface area contributed by atoms with Gasteiger partial charge < -0.3 is 40.2 Å². The van der Waals surface area contributed by atoms with Crippen LogP contribution in [0.3, 0.4) is 0 Å². The Balaban J connectivity index is 2.06. The van der Waals surface area contributed by atoms with E-state index in [1.165, 1.54) is 18.0 Å². The Morgan fingerprint density at radius 1 is 0.880 bits per heavy atom. The fourth-order valence-electron chi connectivity index (χ4n) is 5.26. The number of aliphatic hydroxyl groups excluding tert-OH is 3. The minimum absolute atomic E-state index is 0.0145. The third kappa shape index (κ3) is 16.5. The summed E-state index contributed by atoms with van der Waals surface area (Å²) in [5.41, 5.74) is 0. The van der Waals surface area contributed by atoms with Gasteiger partial charge in [-0.15, -0.1) is 5.10 Å². The molecule has 1 fully saturated rings. The Morgan fingerprint density at radius 2 is 1.50 bits per heavy atom. The van der Waals surface area contributed by atoms with E-state index in [0.29, 0.717) is 12.8 Å². The second-order valence-corrected chi connectivity index (χ2v) is 13.8. The average Bonchev–Trinajstić information content (AvgIpc) is 3.68. The summed E-state index contributed by atoms with van der Waals surface area (Å²) in [5, 5.41) is 43.0. The Kier molecular flexibility index (Phi) is 21.9. The van der Waals surface area contributed by atoms with Gasteiger partial charge in [-0.05, 0) is 19.3 Å². The van der Waals surface area contributed by atoms with E-state index < -0.39 is 49.2 Å². The zero-order chi connectivity index (χ0) is 36.7. The van der Waals surface area contributed by atoms with Gasteiger partial charge in [0.05, 0.1) is 12.8 Å². The standard InChI is InChI=1S/C34H59N5O10S/c1-4-7-10-13-16-28(41)35-25(33(46)36-27-19-39(38-37-27)34-32(45)31(44)26(20-40)49-34)23-50-22-24(48-30(43)18-15-12-9-6-3)21-47-29(42)17-14-11-8-5-2/h19,24-26,31-32,34,40,44-45H,4-18,20-23H2,1-3H3,(H,35,41)(H,36,46)/t24-,25-,26?,31-,32-,34+/m1/s1. The van der Waals surface area contributed by atoms with E-state index in [1.54, 1.807) is 0 Å². The molecule has 50 heavy (non-hydrogen) atoms. The lowest BCUT2D eigenvalue weighted by molar-refractivity contribution is -0.157. The number of rotatable bonds is 27. The molecule has 0 saturated carbocycles.